The molecule has 6 aromatic rings. The molecule has 8 nitrogen and oxygen atoms in total. The monoisotopic (exact) mass is 629 g/mol. The van der Waals surface area contributed by atoms with Crippen LogP contribution < -0.4 is 4.74 Å². The minimum absolute atomic E-state index is 0.326. The highest BCUT2D eigenvalue weighted by atomic mass is 16.5. The van der Waals surface area contributed by atoms with E-state index in [2.05, 4.69) is 84.6 Å². The topological polar surface area (TPSA) is 76.1 Å². The van der Waals surface area contributed by atoms with E-state index in [0.717, 1.165) is 100 Å². The Hall–Kier alpha value is -4.85. The van der Waals surface area contributed by atoms with E-state index in [1.165, 1.54) is 23.8 Å². The van der Waals surface area contributed by atoms with Crippen LogP contribution in [0, 0.1) is 27.7 Å². The van der Waals surface area contributed by atoms with Crippen LogP contribution in [0.1, 0.15) is 62.7 Å². The van der Waals surface area contributed by atoms with Gasteiger partial charge in [-0.05, 0) is 106 Å². The summed E-state index contributed by atoms with van der Waals surface area (Å²) in [6.45, 7) is 10.3. The highest BCUT2D eigenvalue weighted by Gasteiger charge is 2.26. The van der Waals surface area contributed by atoms with Gasteiger partial charge in [-0.15, -0.1) is 0 Å². The molecule has 0 amide bonds. The maximum Gasteiger partial charge on any atom is 0.354 e. The fourth-order valence-electron chi connectivity index (χ4n) is 7.40. The van der Waals surface area contributed by atoms with Gasteiger partial charge in [-0.1, -0.05) is 36.4 Å². The number of methoxy groups -OCH3 is 1. The standard InChI is InChI=1S/C39H43N5O3/c1-24-14-17-33-36-26(3)38(39(45)46-6)43(33)18-10-20-47-34-22-28(21-29-11-7-8-13-32(29)34)15-16-31-23-30(41-42(31)5)12-9-19-44-37(35(24)36)25(2)27(4)40-44/h7-8,11,13-14,17,21-23H,9-10,12,15-16,18-20H2,1-6H3. The summed E-state index contributed by atoms with van der Waals surface area (Å²) in [5.41, 5.74) is 11.7. The number of aryl methyl sites for hydroxylation is 9. The van der Waals surface area contributed by atoms with Gasteiger partial charge in [0.1, 0.15) is 11.4 Å². The number of nitrogens with zero attached hydrogens (tertiary/aromatic N) is 5. The lowest BCUT2D eigenvalue weighted by Gasteiger charge is -2.15. The van der Waals surface area contributed by atoms with Gasteiger partial charge in [0.15, 0.2) is 0 Å². The first-order valence-corrected chi connectivity index (χ1v) is 16.7. The van der Waals surface area contributed by atoms with Gasteiger partial charge in [-0.25, -0.2) is 4.79 Å². The molecule has 0 aliphatic carbocycles. The minimum atomic E-state index is -0.326. The summed E-state index contributed by atoms with van der Waals surface area (Å²) in [4.78, 5) is 13.3. The number of carbonyl (C=O) groups excluding carboxylic acids is 1. The van der Waals surface area contributed by atoms with Crippen molar-refractivity contribution in [2.75, 3.05) is 13.7 Å². The van der Waals surface area contributed by atoms with Crippen LogP contribution in [-0.2, 0) is 44.1 Å². The van der Waals surface area contributed by atoms with E-state index in [4.69, 9.17) is 19.7 Å². The maximum atomic E-state index is 13.3. The van der Waals surface area contributed by atoms with E-state index < -0.39 is 0 Å². The van der Waals surface area contributed by atoms with Crippen LogP contribution in [0.2, 0.25) is 0 Å². The van der Waals surface area contributed by atoms with Crippen LogP contribution >= 0.6 is 0 Å². The largest absolute Gasteiger partial charge is 0.493 e. The highest BCUT2D eigenvalue weighted by molar-refractivity contribution is 6.06. The molecule has 3 aromatic carbocycles. The molecule has 0 atom stereocenters. The Morgan fingerprint density at radius 2 is 1.72 bits per heavy atom. The smallest absolute Gasteiger partial charge is 0.354 e. The van der Waals surface area contributed by atoms with Crippen molar-refractivity contribution in [3.8, 4) is 17.0 Å². The van der Waals surface area contributed by atoms with Crippen LogP contribution in [0.4, 0.5) is 0 Å². The second-order valence-corrected chi connectivity index (χ2v) is 12.9. The van der Waals surface area contributed by atoms with Gasteiger partial charge in [0.05, 0.1) is 30.8 Å². The number of ether oxygens (including phenoxy) is 2. The molecule has 47 heavy (non-hydrogen) atoms. The Morgan fingerprint density at radius 1 is 0.894 bits per heavy atom. The Morgan fingerprint density at radius 3 is 2.55 bits per heavy atom. The van der Waals surface area contributed by atoms with E-state index in [9.17, 15) is 4.79 Å². The average Bonchev–Trinajstić information content (AvgIpc) is 3.66. The van der Waals surface area contributed by atoms with Crippen LogP contribution in [0.3, 0.4) is 0 Å². The molecule has 8 heteroatoms. The molecule has 7 rings (SSSR count). The van der Waals surface area contributed by atoms with Crippen molar-refractivity contribution < 1.29 is 14.3 Å². The Labute approximate surface area is 275 Å². The van der Waals surface area contributed by atoms with E-state index in [1.807, 2.05) is 18.7 Å². The van der Waals surface area contributed by atoms with Crippen molar-refractivity contribution in [3.63, 3.8) is 0 Å². The molecule has 0 fully saturated rings. The minimum Gasteiger partial charge on any atom is -0.493 e. The summed E-state index contributed by atoms with van der Waals surface area (Å²) in [7, 11) is 3.50. The number of hydrogen-bond acceptors (Lipinski definition) is 5. The fraction of sp³-hybridized carbons (Fsp3) is 0.359. The van der Waals surface area contributed by atoms with E-state index >= 15 is 0 Å². The van der Waals surface area contributed by atoms with Gasteiger partial charge in [0.25, 0.3) is 0 Å². The zero-order valence-corrected chi connectivity index (χ0v) is 28.3. The SMILES string of the molecule is COC(=O)c1c(C)c2c3c(C)ccc2n1CCCOc1cc(cc2ccccc12)CCc1cc(nn1C)CCCn1nc(C)c(C)c1-3. The molecule has 0 N–H and O–H groups in total. The molecule has 3 aromatic heterocycles. The van der Waals surface area contributed by atoms with Crippen LogP contribution in [0.25, 0.3) is 32.9 Å². The number of benzene rings is 3. The molecular formula is C39H43N5O3. The van der Waals surface area contributed by atoms with Gasteiger partial charge in [-0.2, -0.15) is 10.2 Å². The summed E-state index contributed by atoms with van der Waals surface area (Å²) in [5.74, 6) is 0.570. The molecule has 0 saturated heterocycles. The quantitative estimate of drug-likeness (QED) is 0.175. The summed E-state index contributed by atoms with van der Waals surface area (Å²) in [6, 6.07) is 19.4. The van der Waals surface area contributed by atoms with Crippen molar-refractivity contribution in [2.45, 2.75) is 72.9 Å². The highest BCUT2D eigenvalue weighted by Crippen LogP contribution is 2.40. The van der Waals surface area contributed by atoms with Crippen molar-refractivity contribution in [1.82, 2.24) is 24.1 Å². The summed E-state index contributed by atoms with van der Waals surface area (Å²) >= 11 is 0. The van der Waals surface area contributed by atoms with Crippen molar-refractivity contribution in [3.05, 3.63) is 99.6 Å². The number of carbonyl (C=O) groups is 1. The van der Waals surface area contributed by atoms with Crippen LogP contribution in [-0.4, -0.2) is 43.8 Å². The Balaban J connectivity index is 1.37. The lowest BCUT2D eigenvalue weighted by molar-refractivity contribution is 0.0587. The molecule has 0 spiro atoms. The van der Waals surface area contributed by atoms with E-state index in [0.29, 0.717) is 18.8 Å². The van der Waals surface area contributed by atoms with Gasteiger partial charge in [-0.3, -0.25) is 9.36 Å². The molecule has 8 bridgehead atoms. The first-order valence-electron chi connectivity index (χ1n) is 16.7. The first kappa shape index (κ1) is 30.8. The number of aromatic nitrogens is 5. The number of hydrogen-bond donors (Lipinski definition) is 0. The van der Waals surface area contributed by atoms with Gasteiger partial charge < -0.3 is 14.0 Å². The number of fused-ring (bicyclic) bond motifs is 8. The summed E-state index contributed by atoms with van der Waals surface area (Å²) in [6.07, 6.45) is 4.30. The maximum absolute atomic E-state index is 13.3. The predicted octanol–water partition coefficient (Wildman–Crippen LogP) is 7.61. The summed E-state index contributed by atoms with van der Waals surface area (Å²) in [5, 5.41) is 13.3. The third-order valence-corrected chi connectivity index (χ3v) is 9.89. The van der Waals surface area contributed by atoms with Gasteiger partial charge in [0.2, 0.25) is 0 Å². The lowest BCUT2D eigenvalue weighted by Crippen LogP contribution is -2.13. The molecule has 0 radical (unpaired) electrons. The predicted molar refractivity (Wildman–Crippen MR) is 186 cm³/mol. The first-order chi connectivity index (χ1) is 22.7. The number of rotatable bonds is 1. The zero-order valence-electron chi connectivity index (χ0n) is 28.3. The van der Waals surface area contributed by atoms with Crippen molar-refractivity contribution >= 4 is 27.6 Å². The molecule has 242 valence electrons. The Kier molecular flexibility index (Phi) is 8.12. The van der Waals surface area contributed by atoms with Crippen LogP contribution in [0.15, 0.2) is 54.6 Å². The van der Waals surface area contributed by atoms with E-state index in [1.54, 1.807) is 0 Å². The molecule has 1 aliphatic heterocycles. The normalized spacial score (nSPS) is 14.2. The molecule has 1 aliphatic rings. The summed E-state index contributed by atoms with van der Waals surface area (Å²) < 4.78 is 18.2. The molecule has 0 saturated carbocycles. The fourth-order valence-corrected chi connectivity index (χ4v) is 7.40. The molecule has 0 unspecified atom stereocenters. The number of esters is 1. The van der Waals surface area contributed by atoms with Crippen molar-refractivity contribution in [2.24, 2.45) is 7.05 Å². The second-order valence-electron chi connectivity index (χ2n) is 12.9. The third kappa shape index (κ3) is 5.49. The van der Waals surface area contributed by atoms with Gasteiger partial charge in [0, 0.05) is 47.7 Å². The lowest BCUT2D eigenvalue weighted by atomic mass is 9.95. The third-order valence-electron chi connectivity index (χ3n) is 9.89. The molecular weight excluding hydrogens is 586 g/mol. The average molecular weight is 630 g/mol. The van der Waals surface area contributed by atoms with Gasteiger partial charge >= 0.3 is 5.97 Å². The van der Waals surface area contributed by atoms with Crippen LogP contribution in [0.5, 0.6) is 5.75 Å². The van der Waals surface area contributed by atoms with Crippen molar-refractivity contribution in [1.29, 1.82) is 0 Å². The molecule has 4 heterocycles. The Bertz CT molecular complexity index is 2150. The van der Waals surface area contributed by atoms with E-state index in [-0.39, 0.29) is 5.97 Å². The zero-order chi connectivity index (χ0) is 32.8. The second kappa shape index (κ2) is 12.4.